The van der Waals surface area contributed by atoms with Crippen LogP contribution in [0, 0.1) is 0 Å². The molecule has 1 N–H and O–H groups in total. The van der Waals surface area contributed by atoms with E-state index in [4.69, 9.17) is 15.1 Å². The predicted octanol–water partition coefficient (Wildman–Crippen LogP) is 4.60. The van der Waals surface area contributed by atoms with Crippen molar-refractivity contribution in [3.8, 4) is 22.5 Å². The molecule has 1 atom stereocenters. The Morgan fingerprint density at radius 2 is 1.67 bits per heavy atom. The van der Waals surface area contributed by atoms with E-state index in [-0.39, 0.29) is 6.17 Å². The second-order valence-electron chi connectivity index (χ2n) is 7.64. The Bertz CT molecular complexity index is 1390. The Kier molecular flexibility index (Phi) is 5.14. The lowest BCUT2D eigenvalue weighted by Gasteiger charge is -2.26. The first-order valence-electron chi connectivity index (χ1n) is 10.6. The van der Waals surface area contributed by atoms with Crippen molar-refractivity contribution in [3.05, 3.63) is 103 Å². The molecule has 5 heterocycles. The monoisotopic (exact) mass is 449 g/mol. The van der Waals surface area contributed by atoms with Gasteiger partial charge in [-0.1, -0.05) is 36.4 Å². The van der Waals surface area contributed by atoms with Crippen LogP contribution in [-0.2, 0) is 6.54 Å². The van der Waals surface area contributed by atoms with Crippen molar-refractivity contribution in [2.45, 2.75) is 22.9 Å². The number of hydrogen-bond donors (Lipinski definition) is 1. The van der Waals surface area contributed by atoms with Crippen molar-refractivity contribution in [2.24, 2.45) is 0 Å². The Morgan fingerprint density at radius 3 is 2.45 bits per heavy atom. The smallest absolute Gasteiger partial charge is 0.194 e. The molecule has 4 aromatic heterocycles. The number of nitrogens with one attached hydrogen (secondary N) is 1. The fourth-order valence-electron chi connectivity index (χ4n) is 3.83. The van der Waals surface area contributed by atoms with Crippen molar-refractivity contribution in [1.29, 1.82) is 0 Å². The zero-order valence-corrected chi connectivity index (χ0v) is 18.4. The van der Waals surface area contributed by atoms with E-state index in [1.54, 1.807) is 18.6 Å². The molecule has 1 aromatic carbocycles. The standard InChI is InChI=1S/C25H19N7S/c1-2-7-18(8-3-1)20-12-21-23(28-14-17-6-4-10-26-13-17)32-25(33-24(21)29-16-20)30-22(31-32)19-9-5-11-27-15-19/h1-13,15-16,23,28H,14H2/t23-/m1/s1. The second-order valence-corrected chi connectivity index (χ2v) is 8.59. The highest BCUT2D eigenvalue weighted by molar-refractivity contribution is 7.99. The van der Waals surface area contributed by atoms with E-state index in [2.05, 4.69) is 39.6 Å². The van der Waals surface area contributed by atoms with Gasteiger partial charge in [-0.25, -0.2) is 14.6 Å². The molecule has 6 rings (SSSR count). The quantitative estimate of drug-likeness (QED) is 0.420. The molecule has 5 aromatic rings. The molecular formula is C25H19N7S. The first kappa shape index (κ1) is 19.8. The van der Waals surface area contributed by atoms with Gasteiger partial charge in [0.25, 0.3) is 0 Å². The minimum atomic E-state index is -0.217. The van der Waals surface area contributed by atoms with Gasteiger partial charge in [-0.3, -0.25) is 15.3 Å². The van der Waals surface area contributed by atoms with Gasteiger partial charge in [0.1, 0.15) is 11.2 Å². The first-order chi connectivity index (χ1) is 16.3. The SMILES string of the molecule is c1ccc(-c2cnc3c(c2)[C@H](NCc2cccnc2)n2nc(-c4cccnc4)nc2S3)cc1. The van der Waals surface area contributed by atoms with Gasteiger partial charge >= 0.3 is 0 Å². The van der Waals surface area contributed by atoms with Gasteiger partial charge in [-0.15, -0.1) is 5.10 Å². The van der Waals surface area contributed by atoms with E-state index in [0.717, 1.165) is 38.0 Å². The van der Waals surface area contributed by atoms with E-state index in [1.807, 2.05) is 53.5 Å². The summed E-state index contributed by atoms with van der Waals surface area (Å²) in [6.45, 7) is 0.639. The van der Waals surface area contributed by atoms with E-state index in [9.17, 15) is 0 Å². The topological polar surface area (TPSA) is 81.4 Å². The zero-order chi connectivity index (χ0) is 22.0. The van der Waals surface area contributed by atoms with Crippen LogP contribution in [0.5, 0.6) is 0 Å². The third kappa shape index (κ3) is 3.90. The number of pyridine rings is 3. The Balaban J connectivity index is 1.42. The maximum absolute atomic E-state index is 4.85. The highest BCUT2D eigenvalue weighted by atomic mass is 32.2. The van der Waals surface area contributed by atoms with Crippen molar-refractivity contribution >= 4 is 11.8 Å². The molecule has 0 saturated heterocycles. The second kappa shape index (κ2) is 8.57. The molecule has 0 bridgehead atoms. The molecule has 0 amide bonds. The van der Waals surface area contributed by atoms with Crippen LogP contribution in [0.15, 0.2) is 102 Å². The van der Waals surface area contributed by atoms with Crippen LogP contribution < -0.4 is 5.32 Å². The Labute approximate surface area is 195 Å². The number of hydrogen-bond acceptors (Lipinski definition) is 7. The third-order valence-electron chi connectivity index (χ3n) is 5.46. The third-order valence-corrected chi connectivity index (χ3v) is 6.45. The molecule has 33 heavy (non-hydrogen) atoms. The van der Waals surface area contributed by atoms with Gasteiger partial charge in [-0.2, -0.15) is 0 Å². The Hall–Kier alpha value is -3.88. The van der Waals surface area contributed by atoms with Crippen molar-refractivity contribution < 1.29 is 0 Å². The molecule has 0 spiro atoms. The van der Waals surface area contributed by atoms with Crippen LogP contribution in [0.25, 0.3) is 22.5 Å². The minimum Gasteiger partial charge on any atom is -0.288 e. The van der Waals surface area contributed by atoms with E-state index >= 15 is 0 Å². The van der Waals surface area contributed by atoms with E-state index < -0.39 is 0 Å². The average molecular weight is 450 g/mol. The molecule has 8 heteroatoms. The number of aromatic nitrogens is 6. The maximum Gasteiger partial charge on any atom is 0.194 e. The van der Waals surface area contributed by atoms with Crippen molar-refractivity contribution in [2.75, 3.05) is 0 Å². The number of rotatable bonds is 5. The van der Waals surface area contributed by atoms with Crippen LogP contribution in [0.1, 0.15) is 17.3 Å². The van der Waals surface area contributed by atoms with Gasteiger partial charge < -0.3 is 0 Å². The van der Waals surface area contributed by atoms with Gasteiger partial charge in [-0.05, 0) is 47.2 Å². The first-order valence-corrected chi connectivity index (χ1v) is 11.4. The molecule has 1 aliphatic rings. The fraction of sp³-hybridized carbons (Fsp3) is 0.0800. The van der Waals surface area contributed by atoms with E-state index in [0.29, 0.717) is 12.4 Å². The molecule has 0 radical (unpaired) electrons. The van der Waals surface area contributed by atoms with Gasteiger partial charge in [0, 0.05) is 54.2 Å². The summed E-state index contributed by atoms with van der Waals surface area (Å²) in [5.41, 5.74) is 5.25. The molecule has 0 saturated carbocycles. The average Bonchev–Trinajstić information content (AvgIpc) is 3.32. The van der Waals surface area contributed by atoms with Crippen LogP contribution in [0.3, 0.4) is 0 Å². The van der Waals surface area contributed by atoms with Crippen LogP contribution >= 0.6 is 11.8 Å². The summed E-state index contributed by atoms with van der Waals surface area (Å²) in [6, 6.07) is 20.3. The summed E-state index contributed by atoms with van der Waals surface area (Å²) in [5, 5.41) is 10.2. The summed E-state index contributed by atoms with van der Waals surface area (Å²) in [7, 11) is 0. The minimum absolute atomic E-state index is 0.217. The van der Waals surface area contributed by atoms with E-state index in [1.165, 1.54) is 11.8 Å². The van der Waals surface area contributed by atoms with Crippen molar-refractivity contribution in [3.63, 3.8) is 0 Å². The molecule has 7 nitrogen and oxygen atoms in total. The van der Waals surface area contributed by atoms with Crippen LogP contribution in [0.2, 0.25) is 0 Å². The largest absolute Gasteiger partial charge is 0.288 e. The number of benzene rings is 1. The fourth-order valence-corrected chi connectivity index (χ4v) is 4.77. The predicted molar refractivity (Wildman–Crippen MR) is 126 cm³/mol. The highest BCUT2D eigenvalue weighted by Crippen LogP contribution is 2.40. The molecule has 160 valence electrons. The highest BCUT2D eigenvalue weighted by Gasteiger charge is 2.30. The molecule has 1 aliphatic heterocycles. The summed E-state index contributed by atoms with van der Waals surface area (Å²) in [5.74, 6) is 0.648. The summed E-state index contributed by atoms with van der Waals surface area (Å²) in [4.78, 5) is 18.0. The van der Waals surface area contributed by atoms with Crippen LogP contribution in [0.4, 0.5) is 0 Å². The Morgan fingerprint density at radius 1 is 0.848 bits per heavy atom. The lowest BCUT2D eigenvalue weighted by atomic mass is 10.0. The van der Waals surface area contributed by atoms with Gasteiger partial charge in [0.15, 0.2) is 11.0 Å². The number of nitrogens with zero attached hydrogens (tertiary/aromatic N) is 6. The molecule has 0 fully saturated rings. The summed E-state index contributed by atoms with van der Waals surface area (Å²) >= 11 is 1.53. The van der Waals surface area contributed by atoms with Crippen LogP contribution in [-0.4, -0.2) is 29.7 Å². The molecular weight excluding hydrogens is 430 g/mol. The van der Waals surface area contributed by atoms with Crippen molar-refractivity contribution in [1.82, 2.24) is 35.0 Å². The summed E-state index contributed by atoms with van der Waals surface area (Å²) < 4.78 is 1.95. The number of fused-ring (bicyclic) bond motifs is 2. The summed E-state index contributed by atoms with van der Waals surface area (Å²) in [6.07, 6.45) is 8.88. The van der Waals surface area contributed by atoms with Gasteiger partial charge in [0.05, 0.1) is 0 Å². The maximum atomic E-state index is 4.85. The molecule has 0 aliphatic carbocycles. The van der Waals surface area contributed by atoms with Gasteiger partial charge in [0.2, 0.25) is 0 Å². The lowest BCUT2D eigenvalue weighted by molar-refractivity contribution is 0.385. The zero-order valence-electron chi connectivity index (χ0n) is 17.5. The molecule has 0 unspecified atom stereocenters. The lowest BCUT2D eigenvalue weighted by Crippen LogP contribution is -2.31. The normalized spacial score (nSPS) is 14.5.